The summed E-state index contributed by atoms with van der Waals surface area (Å²) < 4.78 is 0. The minimum Gasteiger partial charge on any atom is -0.396 e. The highest BCUT2D eigenvalue weighted by Crippen LogP contribution is 2.46. The van der Waals surface area contributed by atoms with E-state index in [-0.39, 0.29) is 12.0 Å². The van der Waals surface area contributed by atoms with Crippen molar-refractivity contribution in [1.29, 1.82) is 0 Å². The first kappa shape index (κ1) is 11.0. The first-order valence-corrected chi connectivity index (χ1v) is 5.41. The summed E-state index contributed by atoms with van der Waals surface area (Å²) in [7, 11) is 0. The molecule has 0 spiro atoms. The van der Waals surface area contributed by atoms with Gasteiger partial charge in [0.15, 0.2) is 0 Å². The number of hydrogen-bond acceptors (Lipinski definition) is 2. The van der Waals surface area contributed by atoms with Crippen LogP contribution in [0, 0.1) is 5.41 Å². The van der Waals surface area contributed by atoms with E-state index in [9.17, 15) is 10.2 Å². The van der Waals surface area contributed by atoms with Crippen LogP contribution >= 0.6 is 0 Å². The third-order valence-corrected chi connectivity index (χ3v) is 3.70. The van der Waals surface area contributed by atoms with Crippen molar-refractivity contribution in [3.05, 3.63) is 0 Å². The van der Waals surface area contributed by atoms with Crippen LogP contribution in [0.25, 0.3) is 0 Å². The van der Waals surface area contributed by atoms with Crippen molar-refractivity contribution in [3.8, 4) is 0 Å². The third kappa shape index (κ3) is 1.89. The predicted molar refractivity (Wildman–Crippen MR) is 53.5 cm³/mol. The number of aliphatic hydroxyl groups is 2. The Morgan fingerprint density at radius 2 is 1.85 bits per heavy atom. The van der Waals surface area contributed by atoms with Gasteiger partial charge in [-0.1, -0.05) is 33.1 Å². The predicted octanol–water partition coefficient (Wildman–Crippen LogP) is 2.09. The molecule has 2 N–H and O–H groups in total. The SMILES string of the molecule is CCCC(C)(CO)C1(O)CCCC1. The molecule has 1 aliphatic rings. The zero-order valence-electron chi connectivity index (χ0n) is 8.84. The molecule has 1 unspecified atom stereocenters. The molecule has 2 heteroatoms. The van der Waals surface area contributed by atoms with Crippen molar-refractivity contribution in [2.75, 3.05) is 6.61 Å². The minimum absolute atomic E-state index is 0.108. The number of rotatable bonds is 4. The maximum atomic E-state index is 10.4. The second kappa shape index (κ2) is 3.97. The van der Waals surface area contributed by atoms with Crippen LogP contribution in [-0.2, 0) is 0 Å². The van der Waals surface area contributed by atoms with Crippen LogP contribution in [0.2, 0.25) is 0 Å². The van der Waals surface area contributed by atoms with Crippen molar-refractivity contribution in [2.45, 2.75) is 58.0 Å². The molecule has 1 aliphatic carbocycles. The van der Waals surface area contributed by atoms with E-state index in [1.807, 2.05) is 6.92 Å². The van der Waals surface area contributed by atoms with E-state index < -0.39 is 5.60 Å². The van der Waals surface area contributed by atoms with E-state index >= 15 is 0 Å². The van der Waals surface area contributed by atoms with Gasteiger partial charge in [0.2, 0.25) is 0 Å². The second-order valence-corrected chi connectivity index (χ2v) is 4.71. The Morgan fingerprint density at radius 3 is 2.23 bits per heavy atom. The fraction of sp³-hybridized carbons (Fsp3) is 1.00. The molecule has 1 atom stereocenters. The van der Waals surface area contributed by atoms with Gasteiger partial charge in [0.05, 0.1) is 12.2 Å². The molecule has 0 radical (unpaired) electrons. The maximum Gasteiger partial charge on any atom is 0.0723 e. The minimum atomic E-state index is -0.599. The van der Waals surface area contributed by atoms with E-state index in [4.69, 9.17) is 0 Å². The zero-order chi connectivity index (χ0) is 9.95. The van der Waals surface area contributed by atoms with Crippen molar-refractivity contribution in [2.24, 2.45) is 5.41 Å². The molecule has 2 nitrogen and oxygen atoms in total. The average molecular weight is 186 g/mol. The molecule has 0 aromatic rings. The molecule has 0 amide bonds. The van der Waals surface area contributed by atoms with Crippen LogP contribution in [0.15, 0.2) is 0 Å². The monoisotopic (exact) mass is 186 g/mol. The molecule has 0 heterocycles. The van der Waals surface area contributed by atoms with Crippen LogP contribution in [-0.4, -0.2) is 22.4 Å². The van der Waals surface area contributed by atoms with Gasteiger partial charge in [-0.25, -0.2) is 0 Å². The fourth-order valence-corrected chi connectivity index (χ4v) is 2.57. The summed E-state index contributed by atoms with van der Waals surface area (Å²) in [6.07, 6.45) is 5.89. The Balaban J connectivity index is 2.73. The van der Waals surface area contributed by atoms with Gasteiger partial charge in [0.25, 0.3) is 0 Å². The number of hydrogen-bond donors (Lipinski definition) is 2. The molecular weight excluding hydrogens is 164 g/mol. The van der Waals surface area contributed by atoms with E-state index in [1.54, 1.807) is 0 Å². The highest BCUT2D eigenvalue weighted by atomic mass is 16.3. The Morgan fingerprint density at radius 1 is 1.31 bits per heavy atom. The van der Waals surface area contributed by atoms with Crippen LogP contribution in [0.3, 0.4) is 0 Å². The van der Waals surface area contributed by atoms with Gasteiger partial charge < -0.3 is 10.2 Å². The molecule has 0 saturated heterocycles. The lowest BCUT2D eigenvalue weighted by atomic mass is 9.70. The van der Waals surface area contributed by atoms with Crippen molar-refractivity contribution in [3.63, 3.8) is 0 Å². The molecule has 13 heavy (non-hydrogen) atoms. The Hall–Kier alpha value is -0.0800. The average Bonchev–Trinajstić information content (AvgIpc) is 2.54. The lowest BCUT2D eigenvalue weighted by Crippen LogP contribution is -2.46. The Kier molecular flexibility index (Phi) is 3.36. The smallest absolute Gasteiger partial charge is 0.0723 e. The summed E-state index contributed by atoms with van der Waals surface area (Å²) in [6.45, 7) is 4.23. The largest absolute Gasteiger partial charge is 0.396 e. The molecule has 1 rings (SSSR count). The summed E-state index contributed by atoms with van der Waals surface area (Å²) in [5, 5.41) is 19.8. The van der Waals surface area contributed by atoms with Crippen LogP contribution < -0.4 is 0 Å². The molecular formula is C11H22O2. The van der Waals surface area contributed by atoms with Gasteiger partial charge in [-0.3, -0.25) is 0 Å². The van der Waals surface area contributed by atoms with Gasteiger partial charge in [-0.15, -0.1) is 0 Å². The number of aliphatic hydroxyl groups excluding tert-OH is 1. The lowest BCUT2D eigenvalue weighted by molar-refractivity contribution is -0.0998. The molecule has 0 bridgehead atoms. The summed E-state index contributed by atoms with van der Waals surface area (Å²) in [6, 6.07) is 0. The first-order chi connectivity index (χ1) is 6.08. The van der Waals surface area contributed by atoms with Crippen LogP contribution in [0.5, 0.6) is 0 Å². The summed E-state index contributed by atoms with van der Waals surface area (Å²) in [4.78, 5) is 0. The molecule has 0 aromatic heterocycles. The van der Waals surface area contributed by atoms with Crippen molar-refractivity contribution in [1.82, 2.24) is 0 Å². The highest BCUT2D eigenvalue weighted by Gasteiger charge is 2.47. The second-order valence-electron chi connectivity index (χ2n) is 4.71. The van der Waals surface area contributed by atoms with Gasteiger partial charge in [-0.05, 0) is 19.3 Å². The molecule has 78 valence electrons. The van der Waals surface area contributed by atoms with Gasteiger partial charge >= 0.3 is 0 Å². The van der Waals surface area contributed by atoms with Crippen LogP contribution in [0.4, 0.5) is 0 Å². The normalized spacial score (nSPS) is 25.8. The summed E-state index contributed by atoms with van der Waals surface area (Å²) >= 11 is 0. The first-order valence-electron chi connectivity index (χ1n) is 5.41. The molecule has 1 fully saturated rings. The summed E-state index contributed by atoms with van der Waals surface area (Å²) in [5.74, 6) is 0. The van der Waals surface area contributed by atoms with E-state index in [2.05, 4.69) is 6.92 Å². The molecule has 1 saturated carbocycles. The van der Waals surface area contributed by atoms with Gasteiger partial charge in [0, 0.05) is 5.41 Å². The van der Waals surface area contributed by atoms with Gasteiger partial charge in [0.1, 0.15) is 0 Å². The molecule has 0 aromatic carbocycles. The van der Waals surface area contributed by atoms with Crippen molar-refractivity contribution < 1.29 is 10.2 Å². The standard InChI is InChI=1S/C11H22O2/c1-3-6-10(2,9-12)11(13)7-4-5-8-11/h12-13H,3-9H2,1-2H3. The van der Waals surface area contributed by atoms with Crippen molar-refractivity contribution >= 4 is 0 Å². The molecule has 0 aliphatic heterocycles. The fourth-order valence-electron chi connectivity index (χ4n) is 2.57. The Labute approximate surface area is 81.0 Å². The van der Waals surface area contributed by atoms with E-state index in [1.165, 1.54) is 0 Å². The highest BCUT2D eigenvalue weighted by molar-refractivity contribution is 4.98. The third-order valence-electron chi connectivity index (χ3n) is 3.70. The zero-order valence-corrected chi connectivity index (χ0v) is 8.84. The topological polar surface area (TPSA) is 40.5 Å². The quantitative estimate of drug-likeness (QED) is 0.705. The maximum absolute atomic E-state index is 10.4. The lowest BCUT2D eigenvalue weighted by Gasteiger charge is -2.41. The van der Waals surface area contributed by atoms with Crippen LogP contribution in [0.1, 0.15) is 52.4 Å². The Bertz CT molecular complexity index is 161. The van der Waals surface area contributed by atoms with E-state index in [0.717, 1.165) is 38.5 Å². The van der Waals surface area contributed by atoms with E-state index in [0.29, 0.717) is 0 Å². The summed E-state index contributed by atoms with van der Waals surface area (Å²) in [5.41, 5.74) is -0.879. The van der Waals surface area contributed by atoms with Gasteiger partial charge in [-0.2, -0.15) is 0 Å².